The van der Waals surface area contributed by atoms with Crippen LogP contribution >= 0.6 is 11.6 Å². The van der Waals surface area contributed by atoms with Crippen molar-refractivity contribution >= 4 is 23.2 Å². The van der Waals surface area contributed by atoms with Crippen LogP contribution in [-0.4, -0.2) is 10.9 Å². The van der Waals surface area contributed by atoms with Crippen molar-refractivity contribution in [2.75, 3.05) is 5.32 Å². The van der Waals surface area contributed by atoms with Crippen molar-refractivity contribution in [1.29, 1.82) is 0 Å². The minimum absolute atomic E-state index is 0.0387. The maximum Gasteiger partial charge on any atom is 0.227 e. The molecule has 1 aliphatic carbocycles. The highest BCUT2D eigenvalue weighted by Crippen LogP contribution is 2.37. The van der Waals surface area contributed by atoms with E-state index in [4.69, 9.17) is 11.6 Å². The van der Waals surface area contributed by atoms with E-state index >= 15 is 0 Å². The van der Waals surface area contributed by atoms with Gasteiger partial charge in [0, 0.05) is 12.1 Å². The number of aromatic nitrogens is 1. The SMILES string of the molecule is Cc1cnc(Cl)c(NC(=O)C(C)C2CC2)c1. The number of carbonyl (C=O) groups is 1. The molecule has 16 heavy (non-hydrogen) atoms. The van der Waals surface area contributed by atoms with Gasteiger partial charge < -0.3 is 5.32 Å². The van der Waals surface area contributed by atoms with Gasteiger partial charge in [-0.3, -0.25) is 4.79 Å². The van der Waals surface area contributed by atoms with Crippen molar-refractivity contribution in [1.82, 2.24) is 4.98 Å². The maximum absolute atomic E-state index is 11.9. The molecule has 1 aromatic rings. The monoisotopic (exact) mass is 238 g/mol. The third-order valence-corrected chi connectivity index (χ3v) is 3.28. The molecule has 86 valence electrons. The lowest BCUT2D eigenvalue weighted by atomic mass is 10.1. The Morgan fingerprint density at radius 1 is 1.62 bits per heavy atom. The fourth-order valence-corrected chi connectivity index (χ4v) is 1.85. The van der Waals surface area contributed by atoms with Crippen LogP contribution in [0.2, 0.25) is 5.15 Å². The van der Waals surface area contributed by atoms with E-state index < -0.39 is 0 Å². The van der Waals surface area contributed by atoms with Crippen molar-refractivity contribution in [3.63, 3.8) is 0 Å². The molecule has 2 rings (SSSR count). The molecule has 0 saturated heterocycles. The van der Waals surface area contributed by atoms with E-state index in [2.05, 4.69) is 10.3 Å². The molecule has 4 heteroatoms. The predicted molar refractivity (Wildman–Crippen MR) is 64.5 cm³/mol. The second-order valence-corrected chi connectivity index (χ2v) is 4.82. The highest BCUT2D eigenvalue weighted by Gasteiger charge is 2.32. The quantitative estimate of drug-likeness (QED) is 0.823. The van der Waals surface area contributed by atoms with Crippen LogP contribution < -0.4 is 5.32 Å². The molecule has 1 fully saturated rings. The smallest absolute Gasteiger partial charge is 0.227 e. The van der Waals surface area contributed by atoms with Crippen molar-refractivity contribution in [2.45, 2.75) is 26.7 Å². The molecule has 1 aliphatic rings. The van der Waals surface area contributed by atoms with Gasteiger partial charge in [-0.1, -0.05) is 18.5 Å². The Balaban J connectivity index is 2.07. The summed E-state index contributed by atoms with van der Waals surface area (Å²) in [4.78, 5) is 15.9. The number of rotatable bonds is 3. The van der Waals surface area contributed by atoms with Gasteiger partial charge in [0.05, 0.1) is 5.69 Å². The predicted octanol–water partition coefficient (Wildman–Crippen LogP) is 3.03. The summed E-state index contributed by atoms with van der Waals surface area (Å²) in [5, 5.41) is 3.19. The van der Waals surface area contributed by atoms with E-state index in [0.717, 1.165) is 18.4 Å². The molecule has 1 aromatic heterocycles. The van der Waals surface area contributed by atoms with Gasteiger partial charge in [0.1, 0.15) is 0 Å². The van der Waals surface area contributed by atoms with E-state index in [-0.39, 0.29) is 11.8 Å². The summed E-state index contributed by atoms with van der Waals surface area (Å²) >= 11 is 5.91. The lowest BCUT2D eigenvalue weighted by Crippen LogP contribution is -2.22. The van der Waals surface area contributed by atoms with Gasteiger partial charge in [-0.15, -0.1) is 0 Å². The molecule has 1 N–H and O–H groups in total. The first kappa shape index (κ1) is 11.4. The Bertz CT molecular complexity index is 415. The summed E-state index contributed by atoms with van der Waals surface area (Å²) in [6.07, 6.45) is 4.01. The molecule has 1 saturated carbocycles. The summed E-state index contributed by atoms with van der Waals surface area (Å²) < 4.78 is 0. The first-order valence-electron chi connectivity index (χ1n) is 5.51. The van der Waals surface area contributed by atoms with E-state index in [9.17, 15) is 4.79 Å². The average Bonchev–Trinajstić information content (AvgIpc) is 3.06. The van der Waals surface area contributed by atoms with Crippen LogP contribution in [0.4, 0.5) is 5.69 Å². The molecule has 1 unspecified atom stereocenters. The van der Waals surface area contributed by atoms with Gasteiger partial charge >= 0.3 is 0 Å². The Kier molecular flexibility index (Phi) is 3.15. The third-order valence-electron chi connectivity index (χ3n) is 2.98. The number of hydrogen-bond acceptors (Lipinski definition) is 2. The number of nitrogens with zero attached hydrogens (tertiary/aromatic N) is 1. The van der Waals surface area contributed by atoms with Crippen molar-refractivity contribution in [3.8, 4) is 0 Å². The standard InChI is InChI=1S/C12H15ClN2O/c1-7-5-10(11(13)14-6-7)15-12(16)8(2)9-3-4-9/h5-6,8-9H,3-4H2,1-2H3,(H,15,16). The molecule has 1 heterocycles. The van der Waals surface area contributed by atoms with E-state index in [1.54, 1.807) is 6.20 Å². The molecule has 0 aliphatic heterocycles. The van der Waals surface area contributed by atoms with Crippen LogP contribution in [0.3, 0.4) is 0 Å². The minimum Gasteiger partial charge on any atom is -0.323 e. The van der Waals surface area contributed by atoms with E-state index in [1.807, 2.05) is 19.9 Å². The molecular formula is C12H15ClN2O. The van der Waals surface area contributed by atoms with Crippen molar-refractivity contribution < 1.29 is 4.79 Å². The Morgan fingerprint density at radius 3 is 2.94 bits per heavy atom. The zero-order chi connectivity index (χ0) is 11.7. The normalized spacial score (nSPS) is 16.9. The van der Waals surface area contributed by atoms with Crippen LogP contribution in [0, 0.1) is 18.8 Å². The van der Waals surface area contributed by atoms with Crippen LogP contribution in [0.1, 0.15) is 25.3 Å². The molecule has 0 spiro atoms. The van der Waals surface area contributed by atoms with Gasteiger partial charge in [-0.25, -0.2) is 4.98 Å². The Labute approximate surface area is 100 Å². The highest BCUT2D eigenvalue weighted by molar-refractivity contribution is 6.32. The van der Waals surface area contributed by atoms with Gasteiger partial charge in [-0.05, 0) is 37.3 Å². The second-order valence-electron chi connectivity index (χ2n) is 4.47. The molecule has 1 atom stereocenters. The summed E-state index contributed by atoms with van der Waals surface area (Å²) in [7, 11) is 0. The summed E-state index contributed by atoms with van der Waals surface area (Å²) in [6.45, 7) is 3.88. The zero-order valence-corrected chi connectivity index (χ0v) is 10.2. The van der Waals surface area contributed by atoms with Gasteiger partial charge in [0.2, 0.25) is 5.91 Å². The first-order chi connectivity index (χ1) is 7.58. The van der Waals surface area contributed by atoms with Crippen LogP contribution in [0.15, 0.2) is 12.3 Å². The fraction of sp³-hybridized carbons (Fsp3) is 0.500. The number of hydrogen-bond donors (Lipinski definition) is 1. The minimum atomic E-state index is 0.0387. The molecule has 0 bridgehead atoms. The maximum atomic E-state index is 11.9. The van der Waals surface area contributed by atoms with E-state index in [0.29, 0.717) is 16.8 Å². The molecule has 3 nitrogen and oxygen atoms in total. The lowest BCUT2D eigenvalue weighted by Gasteiger charge is -2.12. The number of amides is 1. The number of aryl methyl sites for hydroxylation is 1. The lowest BCUT2D eigenvalue weighted by molar-refractivity contribution is -0.119. The number of anilines is 1. The van der Waals surface area contributed by atoms with Crippen molar-refractivity contribution in [3.05, 3.63) is 23.0 Å². The second kappa shape index (κ2) is 4.42. The van der Waals surface area contributed by atoms with Crippen LogP contribution in [0.5, 0.6) is 0 Å². The Morgan fingerprint density at radius 2 is 2.31 bits per heavy atom. The fourth-order valence-electron chi connectivity index (χ4n) is 1.70. The van der Waals surface area contributed by atoms with E-state index in [1.165, 1.54) is 0 Å². The molecule has 1 amide bonds. The number of pyridine rings is 1. The molecule has 0 radical (unpaired) electrons. The van der Waals surface area contributed by atoms with Gasteiger partial charge in [0.15, 0.2) is 5.15 Å². The van der Waals surface area contributed by atoms with Crippen LogP contribution in [0.25, 0.3) is 0 Å². The Hall–Kier alpha value is -1.09. The topological polar surface area (TPSA) is 42.0 Å². The largest absolute Gasteiger partial charge is 0.323 e. The van der Waals surface area contributed by atoms with Gasteiger partial charge in [-0.2, -0.15) is 0 Å². The average molecular weight is 239 g/mol. The third kappa shape index (κ3) is 2.53. The zero-order valence-electron chi connectivity index (χ0n) is 9.46. The first-order valence-corrected chi connectivity index (χ1v) is 5.88. The number of halogens is 1. The van der Waals surface area contributed by atoms with Crippen LogP contribution in [-0.2, 0) is 4.79 Å². The highest BCUT2D eigenvalue weighted by atomic mass is 35.5. The number of carbonyl (C=O) groups excluding carboxylic acids is 1. The number of nitrogens with one attached hydrogen (secondary N) is 1. The van der Waals surface area contributed by atoms with Gasteiger partial charge in [0.25, 0.3) is 0 Å². The summed E-state index contributed by atoms with van der Waals surface area (Å²) in [5.74, 6) is 0.657. The summed E-state index contributed by atoms with van der Waals surface area (Å²) in [6, 6.07) is 1.84. The molecule has 0 aromatic carbocycles. The molecular weight excluding hydrogens is 224 g/mol. The summed E-state index contributed by atoms with van der Waals surface area (Å²) in [5.41, 5.74) is 1.60. The van der Waals surface area contributed by atoms with Crippen molar-refractivity contribution in [2.24, 2.45) is 11.8 Å².